The first kappa shape index (κ1) is 12.3. The standard InChI is InChI=1S/C7H12N2O3.ClH/c8-3-5(10)4-1-6(11)9-7(12)2-4;/h4-5,10H,1-3,8H2,(H,9,11,12);1H. The zero-order chi connectivity index (χ0) is 9.14. The summed E-state index contributed by atoms with van der Waals surface area (Å²) in [5, 5.41) is 11.5. The average molecular weight is 209 g/mol. The van der Waals surface area contributed by atoms with Gasteiger partial charge in [-0.05, 0) is 0 Å². The Balaban J connectivity index is 0.00000144. The number of rotatable bonds is 2. The minimum absolute atomic E-state index is 0. The largest absolute Gasteiger partial charge is 1.00 e. The second-order valence-electron chi connectivity index (χ2n) is 3.00. The number of amides is 2. The lowest BCUT2D eigenvalue weighted by molar-refractivity contribution is -0.387. The Kier molecular flexibility index (Phi) is 4.90. The molecule has 0 radical (unpaired) electrons. The Morgan fingerprint density at radius 3 is 2.31 bits per heavy atom. The molecule has 1 heterocycles. The molecule has 1 fully saturated rings. The molecule has 5 N–H and O–H groups in total. The molecule has 0 bridgehead atoms. The van der Waals surface area contributed by atoms with Crippen molar-refractivity contribution in [1.82, 2.24) is 5.32 Å². The van der Waals surface area contributed by atoms with Crippen LogP contribution in [0.2, 0.25) is 0 Å². The fourth-order valence-corrected chi connectivity index (χ4v) is 1.31. The number of carbonyl (C=O) groups excluding carboxylic acids is 2. The second-order valence-corrected chi connectivity index (χ2v) is 3.00. The van der Waals surface area contributed by atoms with Crippen molar-refractivity contribution >= 4 is 11.8 Å². The van der Waals surface area contributed by atoms with E-state index in [9.17, 15) is 14.7 Å². The van der Waals surface area contributed by atoms with Gasteiger partial charge in [0.25, 0.3) is 0 Å². The van der Waals surface area contributed by atoms with Crippen LogP contribution in [0, 0.1) is 5.92 Å². The van der Waals surface area contributed by atoms with E-state index in [1.54, 1.807) is 0 Å². The van der Waals surface area contributed by atoms with Gasteiger partial charge < -0.3 is 23.2 Å². The van der Waals surface area contributed by atoms with E-state index in [1.165, 1.54) is 0 Å². The zero-order valence-corrected chi connectivity index (χ0v) is 7.88. The summed E-state index contributed by atoms with van der Waals surface area (Å²) in [4.78, 5) is 21.7. The zero-order valence-electron chi connectivity index (χ0n) is 7.12. The molecule has 0 saturated carbocycles. The number of halogens is 1. The van der Waals surface area contributed by atoms with Crippen molar-refractivity contribution in [2.24, 2.45) is 5.92 Å². The highest BCUT2D eigenvalue weighted by Crippen LogP contribution is 2.16. The van der Waals surface area contributed by atoms with Gasteiger partial charge in [0.2, 0.25) is 11.8 Å². The van der Waals surface area contributed by atoms with Crippen LogP contribution in [0.15, 0.2) is 0 Å². The molecule has 2 amide bonds. The summed E-state index contributed by atoms with van der Waals surface area (Å²) < 4.78 is 0. The highest BCUT2D eigenvalue weighted by molar-refractivity contribution is 5.97. The first-order valence-corrected chi connectivity index (χ1v) is 3.93. The summed E-state index contributed by atoms with van der Waals surface area (Å²) in [6.07, 6.45) is -0.190. The van der Waals surface area contributed by atoms with Crippen molar-refractivity contribution in [3.8, 4) is 0 Å². The van der Waals surface area contributed by atoms with Gasteiger partial charge in [-0.1, -0.05) is 0 Å². The summed E-state index contributed by atoms with van der Waals surface area (Å²) in [6.45, 7) is 0.339. The van der Waals surface area contributed by atoms with Crippen LogP contribution in [0.4, 0.5) is 0 Å². The average Bonchev–Trinajstić information content (AvgIpc) is 2.01. The van der Waals surface area contributed by atoms with E-state index in [0.29, 0.717) is 6.54 Å². The Hall–Kier alpha value is -0.650. The second kappa shape index (κ2) is 5.16. The first-order valence-electron chi connectivity index (χ1n) is 3.93. The van der Waals surface area contributed by atoms with Crippen LogP contribution in [0.3, 0.4) is 0 Å². The molecule has 0 aromatic rings. The van der Waals surface area contributed by atoms with E-state index in [0.717, 1.165) is 0 Å². The van der Waals surface area contributed by atoms with Gasteiger partial charge >= 0.3 is 0 Å². The van der Waals surface area contributed by atoms with E-state index in [1.807, 2.05) is 0 Å². The third-order valence-electron chi connectivity index (χ3n) is 2.01. The van der Waals surface area contributed by atoms with Gasteiger partial charge in [-0.25, -0.2) is 0 Å². The maximum Gasteiger partial charge on any atom is 0.226 e. The molecule has 1 saturated heterocycles. The number of imide groups is 1. The normalized spacial score (nSPS) is 20.5. The third kappa shape index (κ3) is 3.30. The topological polar surface area (TPSA) is 94.0 Å². The van der Waals surface area contributed by atoms with Gasteiger partial charge in [-0.15, -0.1) is 0 Å². The summed E-state index contributed by atoms with van der Waals surface area (Å²) >= 11 is 0. The number of nitrogens with one attached hydrogen (secondary N) is 1. The smallest absolute Gasteiger partial charge is 0.226 e. The fourth-order valence-electron chi connectivity index (χ4n) is 1.31. The van der Waals surface area contributed by atoms with Crippen molar-refractivity contribution < 1.29 is 32.8 Å². The molecular weight excluding hydrogens is 196 g/mol. The molecule has 13 heavy (non-hydrogen) atoms. The molecule has 0 aliphatic carbocycles. The van der Waals surface area contributed by atoms with E-state index in [2.05, 4.69) is 11.1 Å². The van der Waals surface area contributed by atoms with Crippen LogP contribution in [-0.2, 0) is 9.59 Å². The lowest BCUT2D eigenvalue weighted by Gasteiger charge is -2.23. The Morgan fingerprint density at radius 1 is 1.46 bits per heavy atom. The van der Waals surface area contributed by atoms with E-state index in [-0.39, 0.29) is 43.0 Å². The molecule has 0 aromatic heterocycles. The van der Waals surface area contributed by atoms with Gasteiger partial charge in [0.15, 0.2) is 0 Å². The van der Waals surface area contributed by atoms with Crippen LogP contribution < -0.4 is 23.5 Å². The predicted molar refractivity (Wildman–Crippen MR) is 39.6 cm³/mol. The summed E-state index contributed by atoms with van der Waals surface area (Å²) in [7, 11) is 0. The number of aliphatic hydroxyl groups is 1. The Morgan fingerprint density at radius 2 is 1.92 bits per heavy atom. The van der Waals surface area contributed by atoms with E-state index in [4.69, 9.17) is 0 Å². The fraction of sp³-hybridized carbons (Fsp3) is 0.714. The molecule has 1 atom stereocenters. The summed E-state index contributed by atoms with van der Waals surface area (Å²) in [5.41, 5.74) is 3.52. The molecular formula is C7H13ClN2O3. The van der Waals surface area contributed by atoms with Crippen molar-refractivity contribution in [3.63, 3.8) is 0 Å². The maximum absolute atomic E-state index is 10.8. The molecule has 5 nitrogen and oxygen atoms in total. The van der Waals surface area contributed by atoms with Crippen LogP contribution in [0.1, 0.15) is 12.8 Å². The maximum atomic E-state index is 10.8. The lowest BCUT2D eigenvalue weighted by Crippen LogP contribution is -3.00. The van der Waals surface area contributed by atoms with Gasteiger partial charge in [0, 0.05) is 18.8 Å². The molecule has 1 unspecified atom stereocenters. The van der Waals surface area contributed by atoms with Crippen LogP contribution in [0.5, 0.6) is 0 Å². The first-order chi connectivity index (χ1) is 5.63. The monoisotopic (exact) mass is 208 g/mol. The Labute approximate surface area is 82.1 Å². The molecule has 1 rings (SSSR count). The number of carbonyl (C=O) groups is 2. The van der Waals surface area contributed by atoms with Crippen molar-refractivity contribution in [2.45, 2.75) is 18.9 Å². The highest BCUT2D eigenvalue weighted by atomic mass is 35.5. The van der Waals surface area contributed by atoms with Crippen molar-refractivity contribution in [3.05, 3.63) is 0 Å². The van der Waals surface area contributed by atoms with Gasteiger partial charge in [0.1, 0.15) is 12.6 Å². The third-order valence-corrected chi connectivity index (χ3v) is 2.01. The number of hydrogen-bond donors (Lipinski definition) is 3. The summed E-state index contributed by atoms with van der Waals surface area (Å²) in [6, 6.07) is 0. The van der Waals surface area contributed by atoms with Gasteiger partial charge in [-0.3, -0.25) is 14.9 Å². The van der Waals surface area contributed by atoms with Gasteiger partial charge in [0.05, 0.1) is 0 Å². The molecule has 1 aliphatic heterocycles. The van der Waals surface area contributed by atoms with Crippen molar-refractivity contribution in [2.75, 3.05) is 6.54 Å². The lowest BCUT2D eigenvalue weighted by atomic mass is 9.91. The number of piperidine rings is 1. The van der Waals surface area contributed by atoms with Crippen molar-refractivity contribution in [1.29, 1.82) is 0 Å². The predicted octanol–water partition coefficient (Wildman–Crippen LogP) is -5.35. The van der Waals surface area contributed by atoms with E-state index < -0.39 is 6.10 Å². The molecule has 0 aromatic carbocycles. The molecule has 6 heteroatoms. The summed E-state index contributed by atoms with van der Waals surface area (Å²) in [5.74, 6) is -0.851. The van der Waals surface area contributed by atoms with E-state index >= 15 is 0 Å². The van der Waals surface area contributed by atoms with Gasteiger partial charge in [-0.2, -0.15) is 0 Å². The number of hydrogen-bond acceptors (Lipinski definition) is 3. The highest BCUT2D eigenvalue weighted by Gasteiger charge is 2.30. The molecule has 1 aliphatic rings. The molecule has 76 valence electrons. The quantitative estimate of drug-likeness (QED) is 0.396. The minimum atomic E-state index is -0.639. The number of quaternary nitrogens is 1. The molecule has 0 spiro atoms. The SMILES string of the molecule is [Cl-].[NH3+]CC(O)C1CC(=O)NC(=O)C1. The van der Waals surface area contributed by atoms with Crippen LogP contribution in [0.25, 0.3) is 0 Å². The number of aliphatic hydroxyl groups excluding tert-OH is 1. The van der Waals surface area contributed by atoms with Crippen LogP contribution >= 0.6 is 0 Å². The Bertz CT molecular complexity index is 194. The minimum Gasteiger partial charge on any atom is -1.00 e. The van der Waals surface area contributed by atoms with Crippen LogP contribution in [-0.4, -0.2) is 29.6 Å².